The minimum absolute atomic E-state index is 0.0337. The molecular formula is C21H22N4O3. The lowest BCUT2D eigenvalue weighted by molar-refractivity contribution is -0.133. The molecule has 1 fully saturated rings. The van der Waals surface area contributed by atoms with E-state index in [0.717, 1.165) is 29.4 Å². The molecule has 1 aliphatic heterocycles. The quantitative estimate of drug-likeness (QED) is 0.638. The Morgan fingerprint density at radius 1 is 1.18 bits per heavy atom. The van der Waals surface area contributed by atoms with E-state index >= 15 is 0 Å². The summed E-state index contributed by atoms with van der Waals surface area (Å²) in [5.74, 6) is 0.675. The zero-order valence-electron chi connectivity index (χ0n) is 15.7. The minimum Gasteiger partial charge on any atom is -0.497 e. The molecule has 28 heavy (non-hydrogen) atoms. The number of nitrogens with zero attached hydrogens (tertiary/aromatic N) is 4. The molecule has 1 aliphatic rings. The highest BCUT2D eigenvalue weighted by molar-refractivity contribution is 6.01. The highest BCUT2D eigenvalue weighted by atomic mass is 16.5. The van der Waals surface area contributed by atoms with Crippen LogP contribution in [-0.2, 0) is 11.3 Å². The van der Waals surface area contributed by atoms with E-state index in [1.807, 2.05) is 36.4 Å². The van der Waals surface area contributed by atoms with Crippen LogP contribution in [0.15, 0.2) is 49.1 Å². The number of rotatable bonds is 5. The van der Waals surface area contributed by atoms with Crippen molar-refractivity contribution in [3.8, 4) is 5.75 Å². The summed E-state index contributed by atoms with van der Waals surface area (Å²) < 4.78 is 6.76. The number of carbonyl (C=O) groups is 2. The molecule has 0 radical (unpaired) electrons. The number of likely N-dealkylation sites (tertiary alicyclic amines) is 1. The average molecular weight is 378 g/mol. The fourth-order valence-electron chi connectivity index (χ4n) is 3.71. The van der Waals surface area contributed by atoms with Gasteiger partial charge in [0.2, 0.25) is 5.91 Å². The van der Waals surface area contributed by atoms with Gasteiger partial charge in [-0.1, -0.05) is 18.2 Å². The second-order valence-corrected chi connectivity index (χ2v) is 7.06. The fourth-order valence-corrected chi connectivity index (χ4v) is 3.71. The van der Waals surface area contributed by atoms with Crippen molar-refractivity contribution in [1.29, 1.82) is 0 Å². The normalized spacial score (nSPS) is 16.9. The van der Waals surface area contributed by atoms with Gasteiger partial charge < -0.3 is 9.64 Å². The van der Waals surface area contributed by atoms with Crippen LogP contribution in [0.3, 0.4) is 0 Å². The van der Waals surface area contributed by atoms with Gasteiger partial charge in [-0.25, -0.2) is 9.67 Å². The van der Waals surface area contributed by atoms with Gasteiger partial charge in [0.1, 0.15) is 24.9 Å². The van der Waals surface area contributed by atoms with E-state index in [9.17, 15) is 9.59 Å². The number of Topliss-reactive ketones (excluding diaryl/α,β-unsaturated/α-hetero) is 1. The topological polar surface area (TPSA) is 77.3 Å². The summed E-state index contributed by atoms with van der Waals surface area (Å²) in [5.41, 5.74) is 0.688. The van der Waals surface area contributed by atoms with Gasteiger partial charge in [0.15, 0.2) is 5.78 Å². The molecule has 4 rings (SSSR count). The van der Waals surface area contributed by atoms with Crippen LogP contribution in [0.2, 0.25) is 0 Å². The molecule has 0 bridgehead atoms. The standard InChI is InChI=1S/C21H22N4O3/c1-28-19-7-6-15-9-17(5-4-16(15)10-19)21(27)18-3-2-8-24(11-18)20(26)12-25-14-22-13-23-25/h4-7,9-10,13-14,18H,2-3,8,11-12H2,1H3/t18-/m0/s1. The predicted molar refractivity (Wildman–Crippen MR) is 104 cm³/mol. The van der Waals surface area contributed by atoms with Crippen molar-refractivity contribution < 1.29 is 14.3 Å². The van der Waals surface area contributed by atoms with Crippen molar-refractivity contribution >= 4 is 22.5 Å². The Hall–Kier alpha value is -3.22. The Bertz CT molecular complexity index is 1000. The van der Waals surface area contributed by atoms with Crippen molar-refractivity contribution in [3.05, 3.63) is 54.6 Å². The third-order valence-electron chi connectivity index (χ3n) is 5.24. The molecule has 144 valence electrons. The van der Waals surface area contributed by atoms with Gasteiger partial charge >= 0.3 is 0 Å². The number of ketones is 1. The zero-order valence-corrected chi connectivity index (χ0v) is 15.7. The van der Waals surface area contributed by atoms with Crippen LogP contribution in [0.25, 0.3) is 10.8 Å². The Morgan fingerprint density at radius 3 is 2.79 bits per heavy atom. The molecule has 2 aromatic carbocycles. The lowest BCUT2D eigenvalue weighted by atomic mass is 9.89. The molecule has 1 saturated heterocycles. The van der Waals surface area contributed by atoms with Crippen molar-refractivity contribution in [1.82, 2.24) is 19.7 Å². The molecule has 1 aromatic heterocycles. The Kier molecular flexibility index (Phi) is 5.06. The van der Waals surface area contributed by atoms with E-state index in [1.165, 1.54) is 17.3 Å². The molecular weight excluding hydrogens is 356 g/mol. The molecule has 1 atom stereocenters. The van der Waals surface area contributed by atoms with Gasteiger partial charge in [-0.05, 0) is 41.8 Å². The highest BCUT2D eigenvalue weighted by Gasteiger charge is 2.29. The van der Waals surface area contributed by atoms with Gasteiger partial charge in [-0.15, -0.1) is 0 Å². The van der Waals surface area contributed by atoms with E-state index < -0.39 is 0 Å². The van der Waals surface area contributed by atoms with Crippen LogP contribution in [-0.4, -0.2) is 51.6 Å². The molecule has 0 unspecified atom stereocenters. The number of fused-ring (bicyclic) bond motifs is 1. The lowest BCUT2D eigenvalue weighted by Gasteiger charge is -2.32. The zero-order chi connectivity index (χ0) is 19.5. The van der Waals surface area contributed by atoms with Gasteiger partial charge in [-0.2, -0.15) is 5.10 Å². The fraction of sp³-hybridized carbons (Fsp3) is 0.333. The van der Waals surface area contributed by atoms with E-state index in [2.05, 4.69) is 10.1 Å². The number of hydrogen-bond acceptors (Lipinski definition) is 5. The highest BCUT2D eigenvalue weighted by Crippen LogP contribution is 2.25. The van der Waals surface area contributed by atoms with Crippen LogP contribution < -0.4 is 4.74 Å². The summed E-state index contributed by atoms with van der Waals surface area (Å²) in [5, 5.41) is 6.01. The van der Waals surface area contributed by atoms with Gasteiger partial charge in [-0.3, -0.25) is 9.59 Å². The summed E-state index contributed by atoms with van der Waals surface area (Å²) in [6.45, 7) is 1.28. The van der Waals surface area contributed by atoms with E-state index in [-0.39, 0.29) is 24.2 Å². The van der Waals surface area contributed by atoms with Crippen LogP contribution in [0.5, 0.6) is 5.75 Å². The monoisotopic (exact) mass is 378 g/mol. The first kappa shape index (κ1) is 18.2. The first-order valence-corrected chi connectivity index (χ1v) is 9.36. The van der Waals surface area contributed by atoms with Crippen LogP contribution >= 0.6 is 0 Å². The summed E-state index contributed by atoms with van der Waals surface area (Å²) >= 11 is 0. The third-order valence-corrected chi connectivity index (χ3v) is 5.24. The maximum atomic E-state index is 13.1. The molecule has 0 N–H and O–H groups in total. The molecule has 1 amide bonds. The van der Waals surface area contributed by atoms with E-state index in [4.69, 9.17) is 4.74 Å². The van der Waals surface area contributed by atoms with Gasteiger partial charge in [0.25, 0.3) is 0 Å². The van der Waals surface area contributed by atoms with E-state index in [0.29, 0.717) is 18.7 Å². The second-order valence-electron chi connectivity index (χ2n) is 7.06. The molecule has 0 saturated carbocycles. The molecule has 3 aromatic rings. The van der Waals surface area contributed by atoms with Gasteiger partial charge in [0.05, 0.1) is 7.11 Å². The Morgan fingerprint density at radius 2 is 2.00 bits per heavy atom. The first-order chi connectivity index (χ1) is 13.6. The van der Waals surface area contributed by atoms with Crippen LogP contribution in [0, 0.1) is 5.92 Å². The SMILES string of the molecule is COc1ccc2cc(C(=O)[C@H]3CCCN(C(=O)Cn4cncn4)C3)ccc2c1. The van der Waals surface area contributed by atoms with Crippen LogP contribution in [0.4, 0.5) is 0 Å². The van der Waals surface area contributed by atoms with Crippen molar-refractivity contribution in [2.45, 2.75) is 19.4 Å². The molecule has 2 heterocycles. The van der Waals surface area contributed by atoms with Crippen molar-refractivity contribution in [3.63, 3.8) is 0 Å². The van der Waals surface area contributed by atoms with Crippen molar-refractivity contribution in [2.24, 2.45) is 5.92 Å². The molecule has 7 nitrogen and oxygen atoms in total. The number of amides is 1. The number of aromatic nitrogens is 3. The third kappa shape index (κ3) is 3.74. The lowest BCUT2D eigenvalue weighted by Crippen LogP contribution is -2.43. The summed E-state index contributed by atoms with van der Waals surface area (Å²) in [4.78, 5) is 31.2. The van der Waals surface area contributed by atoms with Crippen LogP contribution in [0.1, 0.15) is 23.2 Å². The van der Waals surface area contributed by atoms with E-state index in [1.54, 1.807) is 12.0 Å². The summed E-state index contributed by atoms with van der Waals surface area (Å²) in [7, 11) is 1.64. The number of methoxy groups -OCH3 is 1. The average Bonchev–Trinajstić information content (AvgIpc) is 3.25. The number of benzene rings is 2. The molecule has 0 aliphatic carbocycles. The Labute approximate surface area is 162 Å². The molecule has 0 spiro atoms. The van der Waals surface area contributed by atoms with Gasteiger partial charge in [0, 0.05) is 24.6 Å². The summed E-state index contributed by atoms with van der Waals surface area (Å²) in [6, 6.07) is 11.5. The maximum Gasteiger partial charge on any atom is 0.244 e. The Balaban J connectivity index is 1.47. The minimum atomic E-state index is -0.177. The second kappa shape index (κ2) is 7.80. The molecule has 7 heteroatoms. The summed E-state index contributed by atoms with van der Waals surface area (Å²) in [6.07, 6.45) is 4.55. The smallest absolute Gasteiger partial charge is 0.244 e. The number of hydrogen-bond donors (Lipinski definition) is 0. The largest absolute Gasteiger partial charge is 0.497 e. The number of carbonyl (C=O) groups excluding carboxylic acids is 2. The first-order valence-electron chi connectivity index (χ1n) is 9.36. The predicted octanol–water partition coefficient (Wildman–Crippen LogP) is 2.56. The van der Waals surface area contributed by atoms with Crippen molar-refractivity contribution in [2.75, 3.05) is 20.2 Å². The number of ether oxygens (including phenoxy) is 1. The maximum absolute atomic E-state index is 13.1. The number of piperidine rings is 1.